The van der Waals surface area contributed by atoms with E-state index in [1.165, 1.54) is 0 Å². The van der Waals surface area contributed by atoms with Crippen LogP contribution >= 0.6 is 28.1 Å². The summed E-state index contributed by atoms with van der Waals surface area (Å²) in [6.07, 6.45) is 0. The molecule has 0 fully saturated rings. The van der Waals surface area contributed by atoms with Gasteiger partial charge in [-0.05, 0) is 42.4 Å². The molecule has 0 saturated carbocycles. The van der Waals surface area contributed by atoms with Gasteiger partial charge in [0.2, 0.25) is 0 Å². The average Bonchev–Trinajstić information content (AvgIpc) is 2.62. The van der Waals surface area contributed by atoms with Gasteiger partial charge in [-0.25, -0.2) is 4.79 Å². The summed E-state index contributed by atoms with van der Waals surface area (Å²) in [5.41, 5.74) is 3.00. The fourth-order valence-corrected chi connectivity index (χ4v) is 3.40. The number of rotatable bonds is 4. The van der Waals surface area contributed by atoms with E-state index in [2.05, 4.69) is 26.6 Å². The third-order valence-corrected chi connectivity index (χ3v) is 4.52. The second-order valence-electron chi connectivity index (χ2n) is 5.46. The molecule has 1 aliphatic rings. The molecule has 1 aliphatic heterocycles. The lowest BCUT2D eigenvalue weighted by Gasteiger charge is -2.31. The van der Waals surface area contributed by atoms with Crippen LogP contribution in [-0.4, -0.2) is 17.7 Å². The molecule has 0 aliphatic carbocycles. The molecule has 0 unspecified atom stereocenters. The number of nitrogens with one attached hydrogen (secondary N) is 2. The van der Waals surface area contributed by atoms with E-state index in [-0.39, 0.29) is 12.0 Å². The van der Waals surface area contributed by atoms with Gasteiger partial charge in [0.15, 0.2) is 5.11 Å². The van der Waals surface area contributed by atoms with Crippen LogP contribution in [0.15, 0.2) is 64.6 Å². The van der Waals surface area contributed by atoms with Crippen molar-refractivity contribution in [1.29, 1.82) is 0 Å². The zero-order valence-electron chi connectivity index (χ0n) is 13.6. The first kappa shape index (κ1) is 17.6. The van der Waals surface area contributed by atoms with E-state index >= 15 is 0 Å². The number of halogens is 1. The fourth-order valence-electron chi connectivity index (χ4n) is 2.76. The van der Waals surface area contributed by atoms with Gasteiger partial charge in [-0.15, -0.1) is 0 Å². The van der Waals surface area contributed by atoms with Crippen molar-refractivity contribution in [2.45, 2.75) is 13.0 Å². The molecule has 2 aromatic carbocycles. The van der Waals surface area contributed by atoms with Crippen LogP contribution in [0.1, 0.15) is 24.1 Å². The van der Waals surface area contributed by atoms with Crippen LogP contribution in [0.5, 0.6) is 0 Å². The predicted octanol–water partition coefficient (Wildman–Crippen LogP) is 3.94. The van der Waals surface area contributed by atoms with Crippen LogP contribution in [0.3, 0.4) is 0 Å². The van der Waals surface area contributed by atoms with E-state index in [4.69, 9.17) is 17.0 Å². The standard InChI is InChI=1S/C19H17BrN2O2S/c1-2-24-18(23)15-16(12-7-4-3-5-8-12)21-19(25)22-17(15)13-9-6-10-14(20)11-13/h3-11,17H,2H2,1H3,(H2,21,22,25)/t17-/m1/s1. The van der Waals surface area contributed by atoms with E-state index in [0.717, 1.165) is 15.6 Å². The number of esters is 1. The Hall–Kier alpha value is -2.18. The molecule has 1 atom stereocenters. The first-order valence-corrected chi connectivity index (χ1v) is 9.10. The molecule has 4 nitrogen and oxygen atoms in total. The third kappa shape index (κ3) is 3.91. The first-order chi connectivity index (χ1) is 12.1. The van der Waals surface area contributed by atoms with Crippen LogP contribution < -0.4 is 10.6 Å². The molecule has 0 spiro atoms. The van der Waals surface area contributed by atoms with Crippen molar-refractivity contribution in [3.63, 3.8) is 0 Å². The smallest absolute Gasteiger partial charge is 0.338 e. The minimum absolute atomic E-state index is 0.306. The van der Waals surface area contributed by atoms with Crippen LogP contribution in [0.4, 0.5) is 0 Å². The second kappa shape index (κ2) is 7.80. The summed E-state index contributed by atoms with van der Waals surface area (Å²) in [4.78, 5) is 12.7. The SMILES string of the molecule is CCOC(=O)C1=C(c2ccccc2)NC(=S)N[C@@H]1c1cccc(Br)c1. The number of carbonyl (C=O) groups is 1. The molecule has 3 rings (SSSR count). The normalized spacial score (nSPS) is 16.9. The average molecular weight is 417 g/mol. The van der Waals surface area contributed by atoms with Crippen molar-refractivity contribution in [1.82, 2.24) is 10.6 Å². The highest BCUT2D eigenvalue weighted by molar-refractivity contribution is 9.10. The number of ether oxygens (including phenoxy) is 1. The van der Waals surface area contributed by atoms with Crippen molar-refractivity contribution in [3.8, 4) is 0 Å². The monoisotopic (exact) mass is 416 g/mol. The fraction of sp³-hybridized carbons (Fsp3) is 0.158. The zero-order chi connectivity index (χ0) is 17.8. The molecular formula is C19H17BrN2O2S. The minimum atomic E-state index is -0.388. The number of thiocarbonyl (C=S) groups is 1. The van der Waals surface area contributed by atoms with E-state index < -0.39 is 0 Å². The van der Waals surface area contributed by atoms with Crippen molar-refractivity contribution >= 4 is 44.9 Å². The highest BCUT2D eigenvalue weighted by Gasteiger charge is 2.33. The van der Waals surface area contributed by atoms with Gasteiger partial charge in [-0.1, -0.05) is 58.4 Å². The van der Waals surface area contributed by atoms with E-state index in [1.807, 2.05) is 54.6 Å². The Morgan fingerprint density at radius 3 is 2.64 bits per heavy atom. The molecule has 0 saturated heterocycles. The van der Waals surface area contributed by atoms with Gasteiger partial charge in [0.05, 0.1) is 23.9 Å². The summed E-state index contributed by atoms with van der Waals surface area (Å²) in [5.74, 6) is -0.367. The number of hydrogen-bond acceptors (Lipinski definition) is 3. The quantitative estimate of drug-likeness (QED) is 0.583. The summed E-state index contributed by atoms with van der Waals surface area (Å²) in [7, 11) is 0. The number of benzene rings is 2. The van der Waals surface area contributed by atoms with Crippen molar-refractivity contribution in [2.24, 2.45) is 0 Å². The van der Waals surface area contributed by atoms with Crippen LogP contribution in [0, 0.1) is 0 Å². The Kier molecular flexibility index (Phi) is 5.50. The second-order valence-corrected chi connectivity index (χ2v) is 6.79. The Bertz CT molecular complexity index is 836. The van der Waals surface area contributed by atoms with Gasteiger partial charge in [0.25, 0.3) is 0 Å². The molecular weight excluding hydrogens is 400 g/mol. The predicted molar refractivity (Wildman–Crippen MR) is 106 cm³/mol. The van der Waals surface area contributed by atoms with Crippen LogP contribution in [0.25, 0.3) is 5.70 Å². The maximum atomic E-state index is 12.7. The first-order valence-electron chi connectivity index (χ1n) is 7.90. The lowest BCUT2D eigenvalue weighted by molar-refractivity contribution is -0.138. The Balaban J connectivity index is 2.18. The van der Waals surface area contributed by atoms with Gasteiger partial charge in [0.1, 0.15) is 0 Å². The molecule has 0 radical (unpaired) electrons. The molecule has 2 N–H and O–H groups in total. The van der Waals surface area contributed by atoms with E-state index in [0.29, 0.717) is 23.0 Å². The molecule has 25 heavy (non-hydrogen) atoms. The summed E-state index contributed by atoms with van der Waals surface area (Å²) in [6.45, 7) is 2.10. The molecule has 0 amide bonds. The zero-order valence-corrected chi connectivity index (χ0v) is 16.0. The van der Waals surface area contributed by atoms with Crippen LogP contribution in [0.2, 0.25) is 0 Å². The van der Waals surface area contributed by atoms with E-state index in [9.17, 15) is 4.79 Å². The molecule has 128 valence electrons. The highest BCUT2D eigenvalue weighted by Crippen LogP contribution is 2.32. The summed E-state index contributed by atoms with van der Waals surface area (Å²) >= 11 is 8.86. The highest BCUT2D eigenvalue weighted by atomic mass is 79.9. The van der Waals surface area contributed by atoms with Crippen molar-refractivity contribution in [3.05, 3.63) is 75.8 Å². The van der Waals surface area contributed by atoms with Gasteiger partial charge >= 0.3 is 5.97 Å². The number of carbonyl (C=O) groups excluding carboxylic acids is 1. The molecule has 6 heteroatoms. The van der Waals surface area contributed by atoms with Gasteiger partial charge in [-0.2, -0.15) is 0 Å². The number of hydrogen-bond donors (Lipinski definition) is 2. The lowest BCUT2D eigenvalue weighted by atomic mass is 9.93. The Labute approximate surface area is 160 Å². The summed E-state index contributed by atoms with van der Waals surface area (Å²) in [5, 5.41) is 6.78. The third-order valence-electron chi connectivity index (χ3n) is 3.81. The molecule has 0 aromatic heterocycles. The van der Waals surface area contributed by atoms with Crippen molar-refractivity contribution < 1.29 is 9.53 Å². The van der Waals surface area contributed by atoms with Crippen molar-refractivity contribution in [2.75, 3.05) is 6.61 Å². The Morgan fingerprint density at radius 2 is 1.96 bits per heavy atom. The topological polar surface area (TPSA) is 50.4 Å². The van der Waals surface area contributed by atoms with Gasteiger partial charge in [-0.3, -0.25) is 0 Å². The summed E-state index contributed by atoms with van der Waals surface area (Å²) in [6, 6.07) is 17.1. The lowest BCUT2D eigenvalue weighted by Crippen LogP contribution is -2.45. The largest absolute Gasteiger partial charge is 0.463 e. The van der Waals surface area contributed by atoms with Gasteiger partial charge in [0, 0.05) is 4.47 Å². The molecule has 0 bridgehead atoms. The maximum Gasteiger partial charge on any atom is 0.338 e. The van der Waals surface area contributed by atoms with E-state index in [1.54, 1.807) is 6.92 Å². The Morgan fingerprint density at radius 1 is 1.20 bits per heavy atom. The van der Waals surface area contributed by atoms with Gasteiger partial charge < -0.3 is 15.4 Å². The summed E-state index contributed by atoms with van der Waals surface area (Å²) < 4.78 is 6.25. The minimum Gasteiger partial charge on any atom is -0.463 e. The molecule has 1 heterocycles. The maximum absolute atomic E-state index is 12.7. The van der Waals surface area contributed by atoms with Crippen LogP contribution in [-0.2, 0) is 9.53 Å². The molecule has 2 aromatic rings.